The van der Waals surface area contributed by atoms with Crippen molar-refractivity contribution >= 4 is 32.0 Å². The first-order valence-electron chi connectivity index (χ1n) is 10.7. The van der Waals surface area contributed by atoms with E-state index in [1.807, 2.05) is 17.5 Å². The summed E-state index contributed by atoms with van der Waals surface area (Å²) in [7, 11) is -1.59. The van der Waals surface area contributed by atoms with Crippen molar-refractivity contribution in [3.8, 4) is 0 Å². The zero-order chi connectivity index (χ0) is 22.0. The molecule has 1 unspecified atom stereocenters. The van der Waals surface area contributed by atoms with Crippen molar-refractivity contribution < 1.29 is 8.42 Å². The molecule has 2 aromatic heterocycles. The van der Waals surface area contributed by atoms with Crippen LogP contribution in [-0.4, -0.2) is 60.8 Å². The van der Waals surface area contributed by atoms with Gasteiger partial charge in [-0.15, -0.1) is 11.3 Å². The molecule has 31 heavy (non-hydrogen) atoms. The Labute approximate surface area is 187 Å². The Hall–Kier alpha value is -1.94. The number of aromatic nitrogens is 2. The van der Waals surface area contributed by atoms with Gasteiger partial charge in [0, 0.05) is 49.5 Å². The molecule has 1 N–H and O–H groups in total. The minimum absolute atomic E-state index is 0.0750. The van der Waals surface area contributed by atoms with Gasteiger partial charge in [-0.2, -0.15) is 8.42 Å². The second-order valence-corrected chi connectivity index (χ2v) is 11.9. The number of hydrogen-bond acceptors (Lipinski definition) is 6. The van der Waals surface area contributed by atoms with Gasteiger partial charge < -0.3 is 4.90 Å². The molecule has 9 heteroatoms. The number of fused-ring (bicyclic) bond motifs is 2. The smallest absolute Gasteiger partial charge is 0.279 e. The van der Waals surface area contributed by atoms with Gasteiger partial charge in [0.25, 0.3) is 10.0 Å². The number of likely N-dealkylation sites (N-methyl/N-ethyl adjacent to an activating group) is 1. The number of sulfonamides is 1. The molecule has 0 radical (unpaired) electrons. The minimum atomic E-state index is -3.76. The van der Waals surface area contributed by atoms with Crippen LogP contribution in [0.1, 0.15) is 43.1 Å². The van der Waals surface area contributed by atoms with Gasteiger partial charge in [0.1, 0.15) is 0 Å². The van der Waals surface area contributed by atoms with E-state index in [2.05, 4.69) is 46.5 Å². The molecule has 7 nitrogen and oxygen atoms in total. The van der Waals surface area contributed by atoms with Crippen LogP contribution in [0.15, 0.2) is 34.8 Å². The van der Waals surface area contributed by atoms with Crippen LogP contribution >= 0.6 is 11.3 Å². The van der Waals surface area contributed by atoms with Crippen molar-refractivity contribution in [2.45, 2.75) is 43.7 Å². The first kappa shape index (κ1) is 20.9. The van der Waals surface area contributed by atoms with Gasteiger partial charge in [0.05, 0.1) is 5.69 Å². The summed E-state index contributed by atoms with van der Waals surface area (Å²) < 4.78 is 31.0. The highest BCUT2D eigenvalue weighted by molar-refractivity contribution is 7.92. The van der Waals surface area contributed by atoms with E-state index in [1.54, 1.807) is 17.5 Å². The highest BCUT2D eigenvalue weighted by atomic mass is 32.2. The van der Waals surface area contributed by atoms with Gasteiger partial charge in [-0.1, -0.05) is 19.9 Å². The summed E-state index contributed by atoms with van der Waals surface area (Å²) in [5.74, 6) is 0. The molecular weight excluding hydrogens is 430 g/mol. The fourth-order valence-electron chi connectivity index (χ4n) is 5.08. The summed E-state index contributed by atoms with van der Waals surface area (Å²) in [4.78, 5) is 9.99. The third-order valence-electron chi connectivity index (χ3n) is 6.71. The number of aryl methyl sites for hydroxylation is 1. The van der Waals surface area contributed by atoms with Gasteiger partial charge in [-0.05, 0) is 49.1 Å². The lowest BCUT2D eigenvalue weighted by atomic mass is 9.86. The Kier molecular flexibility index (Phi) is 4.93. The molecule has 0 saturated carbocycles. The summed E-state index contributed by atoms with van der Waals surface area (Å²) in [5, 5.41) is 2.05. The van der Waals surface area contributed by atoms with E-state index in [1.165, 1.54) is 22.5 Å². The van der Waals surface area contributed by atoms with Crippen LogP contribution < -0.4 is 4.72 Å². The summed E-state index contributed by atoms with van der Waals surface area (Å²) >= 11 is 1.43. The van der Waals surface area contributed by atoms with Crippen LogP contribution in [-0.2, 0) is 15.4 Å². The number of thiazole rings is 1. The molecule has 1 aliphatic carbocycles. The topological polar surface area (TPSA) is 70.0 Å². The number of hydrogen-bond donors (Lipinski definition) is 1. The number of imidazole rings is 1. The maximum absolute atomic E-state index is 13.3. The predicted octanol–water partition coefficient (Wildman–Crippen LogP) is 3.47. The molecule has 1 aliphatic heterocycles. The van der Waals surface area contributed by atoms with Crippen LogP contribution in [0.3, 0.4) is 0 Å². The van der Waals surface area contributed by atoms with Crippen molar-refractivity contribution in [2.24, 2.45) is 0 Å². The monoisotopic (exact) mass is 459 g/mol. The number of nitrogens with zero attached hydrogens (tertiary/aromatic N) is 4. The normalized spacial score (nSPS) is 22.1. The molecular formula is C22H29N5O2S2. The zero-order valence-electron chi connectivity index (χ0n) is 18.4. The molecule has 0 amide bonds. The second kappa shape index (κ2) is 7.30. The first-order valence-corrected chi connectivity index (χ1v) is 13.0. The lowest BCUT2D eigenvalue weighted by Gasteiger charge is -2.37. The molecule has 2 aliphatic rings. The Bertz CT molecular complexity index is 1240. The lowest BCUT2D eigenvalue weighted by Crippen LogP contribution is -2.45. The standard InChI is InChI=1S/C22H29N5O2S2/c1-15-20(27-11-12-30-21(27)23-15)31(28,29)24-16-5-6-18-17(13-16)19(14-22(18,2)3)26-9-7-25(4)8-10-26/h5-6,11-13,19,24H,7-10,14H2,1-4H3. The van der Waals surface area contributed by atoms with Crippen molar-refractivity contribution in [3.05, 3.63) is 46.6 Å². The first-order chi connectivity index (χ1) is 14.7. The SMILES string of the molecule is Cc1nc2sccn2c1S(=O)(=O)Nc1ccc2c(c1)C(N1CCN(C)CC1)CC2(C)C. The third-order valence-corrected chi connectivity index (χ3v) is 8.97. The molecule has 1 saturated heterocycles. The van der Waals surface area contributed by atoms with Gasteiger partial charge in [-0.25, -0.2) is 4.98 Å². The minimum Gasteiger partial charge on any atom is -0.304 e. The van der Waals surface area contributed by atoms with Crippen molar-refractivity contribution in [3.63, 3.8) is 0 Å². The number of rotatable bonds is 4. The summed E-state index contributed by atoms with van der Waals surface area (Å²) in [5.41, 5.74) is 3.77. The largest absolute Gasteiger partial charge is 0.304 e. The lowest BCUT2D eigenvalue weighted by molar-refractivity contribution is 0.105. The number of piperazine rings is 1. The van der Waals surface area contributed by atoms with Crippen LogP contribution in [0.5, 0.6) is 0 Å². The molecule has 1 atom stereocenters. The van der Waals surface area contributed by atoms with E-state index in [0.717, 1.165) is 32.6 Å². The predicted molar refractivity (Wildman–Crippen MR) is 125 cm³/mol. The maximum atomic E-state index is 13.3. The van der Waals surface area contributed by atoms with E-state index in [0.29, 0.717) is 22.4 Å². The molecule has 3 aromatic rings. The summed E-state index contributed by atoms with van der Waals surface area (Å²) in [6, 6.07) is 6.37. The van der Waals surface area contributed by atoms with Crippen LogP contribution in [0.4, 0.5) is 5.69 Å². The number of nitrogens with one attached hydrogen (secondary N) is 1. The molecule has 1 fully saturated rings. The molecule has 1 aromatic carbocycles. The summed E-state index contributed by atoms with van der Waals surface area (Å²) in [6.07, 6.45) is 2.81. The zero-order valence-corrected chi connectivity index (χ0v) is 20.1. The Morgan fingerprint density at radius 3 is 2.68 bits per heavy atom. The fraction of sp³-hybridized carbons (Fsp3) is 0.500. The van der Waals surface area contributed by atoms with Crippen molar-refractivity contribution in [2.75, 3.05) is 37.9 Å². The van der Waals surface area contributed by atoms with Crippen LogP contribution in [0.25, 0.3) is 4.96 Å². The quantitative estimate of drug-likeness (QED) is 0.647. The third kappa shape index (κ3) is 3.57. The van der Waals surface area contributed by atoms with E-state index >= 15 is 0 Å². The van der Waals surface area contributed by atoms with Crippen LogP contribution in [0.2, 0.25) is 0 Å². The molecule has 166 valence electrons. The highest BCUT2D eigenvalue weighted by Gasteiger charge is 2.40. The molecule has 3 heterocycles. The average Bonchev–Trinajstić information content (AvgIpc) is 3.33. The Balaban J connectivity index is 1.49. The highest BCUT2D eigenvalue weighted by Crippen LogP contribution is 2.48. The number of benzene rings is 1. The Morgan fingerprint density at radius 2 is 1.94 bits per heavy atom. The van der Waals surface area contributed by atoms with Crippen LogP contribution in [0, 0.1) is 6.92 Å². The van der Waals surface area contributed by atoms with Gasteiger partial charge in [0.15, 0.2) is 9.99 Å². The van der Waals surface area contributed by atoms with E-state index in [-0.39, 0.29) is 10.4 Å². The van der Waals surface area contributed by atoms with E-state index < -0.39 is 10.0 Å². The van der Waals surface area contributed by atoms with Crippen molar-refractivity contribution in [1.29, 1.82) is 0 Å². The van der Waals surface area contributed by atoms with Crippen molar-refractivity contribution in [1.82, 2.24) is 19.2 Å². The van der Waals surface area contributed by atoms with E-state index in [4.69, 9.17) is 0 Å². The van der Waals surface area contributed by atoms with Gasteiger partial charge in [0.2, 0.25) is 0 Å². The second-order valence-electron chi connectivity index (χ2n) is 9.41. The van der Waals surface area contributed by atoms with Gasteiger partial charge >= 0.3 is 0 Å². The molecule has 0 spiro atoms. The summed E-state index contributed by atoms with van der Waals surface area (Å²) in [6.45, 7) is 10.5. The average molecular weight is 460 g/mol. The Morgan fingerprint density at radius 1 is 1.19 bits per heavy atom. The molecule has 5 rings (SSSR count). The van der Waals surface area contributed by atoms with Gasteiger partial charge in [-0.3, -0.25) is 14.0 Å². The number of anilines is 1. The fourth-order valence-corrected chi connectivity index (χ4v) is 7.27. The van der Waals surface area contributed by atoms with E-state index in [9.17, 15) is 8.42 Å². The molecule has 0 bridgehead atoms. The maximum Gasteiger partial charge on any atom is 0.279 e.